The highest BCUT2D eigenvalue weighted by atomic mass is 79.9. The Morgan fingerprint density at radius 2 is 2.21 bits per heavy atom. The Morgan fingerprint density at radius 1 is 1.57 bits per heavy atom. The molecule has 1 aromatic carbocycles. The number of aliphatic carboxylic acids is 1. The zero-order valence-electron chi connectivity index (χ0n) is 7.40. The maximum absolute atomic E-state index is 10.5. The zero-order valence-corrected chi connectivity index (χ0v) is 8.98. The highest BCUT2D eigenvalue weighted by Gasteiger charge is 2.16. The molecule has 1 atom stereocenters. The lowest BCUT2D eigenvalue weighted by molar-refractivity contribution is -0.146. The van der Waals surface area contributed by atoms with E-state index in [0.29, 0.717) is 10.2 Å². The Kier molecular flexibility index (Phi) is 3.49. The molecule has 0 radical (unpaired) electrons. The molecule has 0 aliphatic heterocycles. The molecular formula is C9H9BrO4. The van der Waals surface area contributed by atoms with Gasteiger partial charge in [0.2, 0.25) is 0 Å². The molecule has 0 fully saturated rings. The third-order valence-corrected chi connectivity index (χ3v) is 2.38. The number of carboxylic acid groups (broad SMARTS) is 1. The van der Waals surface area contributed by atoms with E-state index in [2.05, 4.69) is 15.9 Å². The zero-order chi connectivity index (χ0) is 10.7. The third-order valence-electron chi connectivity index (χ3n) is 1.72. The maximum atomic E-state index is 10.5. The first kappa shape index (κ1) is 11.0. The number of aliphatic hydroxyl groups excluding tert-OH is 1. The lowest BCUT2D eigenvalue weighted by Crippen LogP contribution is -2.10. The highest BCUT2D eigenvalue weighted by Crippen LogP contribution is 2.28. The Bertz CT molecular complexity index is 351. The number of carbonyl (C=O) groups is 1. The van der Waals surface area contributed by atoms with Crippen LogP contribution in [0.2, 0.25) is 0 Å². The molecule has 0 bridgehead atoms. The summed E-state index contributed by atoms with van der Waals surface area (Å²) in [6.07, 6.45) is -1.52. The van der Waals surface area contributed by atoms with Crippen molar-refractivity contribution in [2.75, 3.05) is 7.11 Å². The van der Waals surface area contributed by atoms with E-state index in [9.17, 15) is 9.90 Å². The summed E-state index contributed by atoms with van der Waals surface area (Å²) in [6.45, 7) is 0. The van der Waals surface area contributed by atoms with E-state index < -0.39 is 12.1 Å². The van der Waals surface area contributed by atoms with Gasteiger partial charge in [0.25, 0.3) is 0 Å². The van der Waals surface area contributed by atoms with Gasteiger partial charge >= 0.3 is 5.97 Å². The standard InChI is InChI=1S/C9H9BrO4/c1-14-7-4-5(2-3-6(7)10)8(11)9(12)13/h2-4,8,11H,1H3,(H,12,13)/t8-/m0/s1. The van der Waals surface area contributed by atoms with Gasteiger partial charge in [-0.2, -0.15) is 0 Å². The van der Waals surface area contributed by atoms with Crippen molar-refractivity contribution in [2.45, 2.75) is 6.10 Å². The summed E-state index contributed by atoms with van der Waals surface area (Å²) in [5, 5.41) is 17.8. The Balaban J connectivity index is 3.06. The number of ether oxygens (including phenoxy) is 1. The number of hydrogen-bond acceptors (Lipinski definition) is 3. The van der Waals surface area contributed by atoms with Gasteiger partial charge in [0.15, 0.2) is 6.10 Å². The summed E-state index contributed by atoms with van der Waals surface area (Å²) in [5.74, 6) is -0.794. The minimum Gasteiger partial charge on any atom is -0.496 e. The summed E-state index contributed by atoms with van der Waals surface area (Å²) < 4.78 is 5.67. The molecule has 4 nitrogen and oxygen atoms in total. The minimum atomic E-state index is -1.52. The molecule has 14 heavy (non-hydrogen) atoms. The van der Waals surface area contributed by atoms with Crippen molar-refractivity contribution >= 4 is 21.9 Å². The molecule has 76 valence electrons. The molecule has 0 amide bonds. The van der Waals surface area contributed by atoms with Crippen LogP contribution >= 0.6 is 15.9 Å². The third kappa shape index (κ3) is 2.24. The molecule has 0 aliphatic rings. The van der Waals surface area contributed by atoms with Crippen molar-refractivity contribution < 1.29 is 19.7 Å². The molecule has 0 aromatic heterocycles. The van der Waals surface area contributed by atoms with Crippen molar-refractivity contribution in [2.24, 2.45) is 0 Å². The maximum Gasteiger partial charge on any atom is 0.337 e. The number of methoxy groups -OCH3 is 1. The second-order valence-electron chi connectivity index (χ2n) is 2.63. The lowest BCUT2D eigenvalue weighted by Gasteiger charge is -2.08. The van der Waals surface area contributed by atoms with Crippen molar-refractivity contribution in [3.63, 3.8) is 0 Å². The predicted molar refractivity (Wildman–Crippen MR) is 53.3 cm³/mol. The van der Waals surface area contributed by atoms with E-state index in [1.807, 2.05) is 0 Å². The quantitative estimate of drug-likeness (QED) is 0.866. The van der Waals surface area contributed by atoms with E-state index in [-0.39, 0.29) is 5.56 Å². The fourth-order valence-corrected chi connectivity index (χ4v) is 1.40. The number of carboxylic acids is 1. The van der Waals surface area contributed by atoms with Gasteiger partial charge in [-0.25, -0.2) is 4.79 Å². The van der Waals surface area contributed by atoms with Crippen molar-refractivity contribution in [1.82, 2.24) is 0 Å². The van der Waals surface area contributed by atoms with Crippen molar-refractivity contribution in [3.8, 4) is 5.75 Å². The van der Waals surface area contributed by atoms with Gasteiger partial charge in [-0.1, -0.05) is 6.07 Å². The molecule has 2 N–H and O–H groups in total. The summed E-state index contributed by atoms with van der Waals surface area (Å²) in [4.78, 5) is 10.5. The fraction of sp³-hybridized carbons (Fsp3) is 0.222. The molecular weight excluding hydrogens is 252 g/mol. The van der Waals surface area contributed by atoms with Crippen LogP contribution in [0.1, 0.15) is 11.7 Å². The van der Waals surface area contributed by atoms with E-state index in [1.54, 1.807) is 6.07 Å². The predicted octanol–water partition coefficient (Wildman–Crippen LogP) is 1.58. The molecule has 1 rings (SSSR count). The second kappa shape index (κ2) is 4.43. The first-order chi connectivity index (χ1) is 6.56. The van der Waals surface area contributed by atoms with Gasteiger partial charge in [-0.3, -0.25) is 0 Å². The number of aliphatic hydroxyl groups is 1. The largest absolute Gasteiger partial charge is 0.496 e. The van der Waals surface area contributed by atoms with Crippen LogP contribution in [0.15, 0.2) is 22.7 Å². The Morgan fingerprint density at radius 3 is 2.71 bits per heavy atom. The number of benzene rings is 1. The van der Waals surface area contributed by atoms with Crippen LogP contribution < -0.4 is 4.74 Å². The van der Waals surface area contributed by atoms with Gasteiger partial charge in [0, 0.05) is 0 Å². The van der Waals surface area contributed by atoms with Crippen LogP contribution in [0, 0.1) is 0 Å². The monoisotopic (exact) mass is 260 g/mol. The van der Waals surface area contributed by atoms with E-state index in [4.69, 9.17) is 9.84 Å². The molecule has 0 aliphatic carbocycles. The molecule has 0 heterocycles. The smallest absolute Gasteiger partial charge is 0.337 e. The van der Waals surface area contributed by atoms with Crippen LogP contribution in [0.5, 0.6) is 5.75 Å². The number of halogens is 1. The van der Waals surface area contributed by atoms with Gasteiger partial charge in [-0.05, 0) is 33.6 Å². The van der Waals surface area contributed by atoms with Gasteiger partial charge in [0.05, 0.1) is 11.6 Å². The minimum absolute atomic E-state index is 0.289. The fourth-order valence-electron chi connectivity index (χ4n) is 0.989. The van der Waals surface area contributed by atoms with E-state index in [0.717, 1.165) is 0 Å². The van der Waals surface area contributed by atoms with E-state index >= 15 is 0 Å². The topological polar surface area (TPSA) is 66.8 Å². The lowest BCUT2D eigenvalue weighted by atomic mass is 10.1. The van der Waals surface area contributed by atoms with Crippen LogP contribution in [-0.4, -0.2) is 23.3 Å². The Hall–Kier alpha value is -1.07. The summed E-state index contributed by atoms with van der Waals surface area (Å²) >= 11 is 3.22. The summed E-state index contributed by atoms with van der Waals surface area (Å²) in [6, 6.07) is 4.62. The molecule has 0 saturated heterocycles. The summed E-state index contributed by atoms with van der Waals surface area (Å²) in [7, 11) is 1.47. The second-order valence-corrected chi connectivity index (χ2v) is 3.49. The normalized spacial score (nSPS) is 12.2. The Labute approximate surface area is 89.3 Å². The van der Waals surface area contributed by atoms with Gasteiger partial charge in [0.1, 0.15) is 5.75 Å². The average molecular weight is 261 g/mol. The average Bonchev–Trinajstić information content (AvgIpc) is 2.17. The summed E-state index contributed by atoms with van der Waals surface area (Å²) in [5.41, 5.74) is 0.289. The molecule has 0 unspecified atom stereocenters. The van der Waals surface area contributed by atoms with Crippen LogP contribution in [0.4, 0.5) is 0 Å². The molecule has 0 spiro atoms. The first-order valence-corrected chi connectivity index (χ1v) is 4.60. The van der Waals surface area contributed by atoms with E-state index in [1.165, 1.54) is 19.2 Å². The molecule has 1 aromatic rings. The first-order valence-electron chi connectivity index (χ1n) is 3.80. The van der Waals surface area contributed by atoms with Gasteiger partial charge < -0.3 is 14.9 Å². The highest BCUT2D eigenvalue weighted by molar-refractivity contribution is 9.10. The van der Waals surface area contributed by atoms with Crippen LogP contribution in [0.3, 0.4) is 0 Å². The van der Waals surface area contributed by atoms with Gasteiger partial charge in [-0.15, -0.1) is 0 Å². The van der Waals surface area contributed by atoms with Crippen LogP contribution in [0.25, 0.3) is 0 Å². The molecule has 0 saturated carbocycles. The molecule has 5 heteroatoms. The van der Waals surface area contributed by atoms with Crippen LogP contribution in [-0.2, 0) is 4.79 Å². The number of rotatable bonds is 3. The number of hydrogen-bond donors (Lipinski definition) is 2. The van der Waals surface area contributed by atoms with Crippen molar-refractivity contribution in [3.05, 3.63) is 28.2 Å². The SMILES string of the molecule is COc1cc([C@H](O)C(=O)O)ccc1Br. The van der Waals surface area contributed by atoms with Crippen molar-refractivity contribution in [1.29, 1.82) is 0 Å².